The van der Waals surface area contributed by atoms with Gasteiger partial charge in [0.15, 0.2) is 0 Å². The lowest BCUT2D eigenvalue weighted by atomic mass is 9.76. The van der Waals surface area contributed by atoms with Crippen LogP contribution in [0.5, 0.6) is 0 Å². The van der Waals surface area contributed by atoms with Gasteiger partial charge in [0, 0.05) is 23.7 Å². The van der Waals surface area contributed by atoms with Gasteiger partial charge in [-0.1, -0.05) is 29.8 Å². The minimum absolute atomic E-state index is 0.0237. The van der Waals surface area contributed by atoms with Gasteiger partial charge in [-0.3, -0.25) is 24.5 Å². The second kappa shape index (κ2) is 7.11. The van der Waals surface area contributed by atoms with Gasteiger partial charge in [0.05, 0.1) is 22.5 Å². The molecule has 0 aromatic heterocycles. The summed E-state index contributed by atoms with van der Waals surface area (Å²) in [5.41, 5.74) is 5.05. The third-order valence-electron chi connectivity index (χ3n) is 6.49. The summed E-state index contributed by atoms with van der Waals surface area (Å²) < 4.78 is 13.7. The molecular formula is C22H18ClFN4O4. The Morgan fingerprint density at radius 2 is 1.91 bits per heavy atom. The van der Waals surface area contributed by atoms with Crippen LogP contribution in [0.1, 0.15) is 18.4 Å². The molecule has 0 unspecified atom stereocenters. The SMILES string of the molecule is NC(=O)CC[C@@H]1N[C@]2(C(=O)Nc3ccccc32)[C@H]2C(=O)N(c3ccc(F)c(Cl)c3)C(=O)[C@@H]12. The number of fused-ring (bicyclic) bond motifs is 4. The average Bonchev–Trinajstić information content (AvgIpc) is 3.33. The molecule has 0 saturated carbocycles. The van der Waals surface area contributed by atoms with Crippen LogP contribution in [0.15, 0.2) is 42.5 Å². The number of hydrogen-bond acceptors (Lipinski definition) is 5. The molecule has 8 nitrogen and oxygen atoms in total. The monoisotopic (exact) mass is 456 g/mol. The van der Waals surface area contributed by atoms with Crippen LogP contribution in [0.4, 0.5) is 15.8 Å². The molecule has 2 saturated heterocycles. The Morgan fingerprint density at radius 1 is 1.16 bits per heavy atom. The van der Waals surface area contributed by atoms with Gasteiger partial charge in [0.2, 0.25) is 23.6 Å². The number of rotatable bonds is 4. The van der Waals surface area contributed by atoms with Crippen molar-refractivity contribution in [2.45, 2.75) is 24.4 Å². The van der Waals surface area contributed by atoms with Crippen LogP contribution in [-0.4, -0.2) is 29.7 Å². The molecule has 2 aromatic rings. The van der Waals surface area contributed by atoms with Gasteiger partial charge in [0.25, 0.3) is 0 Å². The van der Waals surface area contributed by atoms with Gasteiger partial charge in [-0.25, -0.2) is 9.29 Å². The lowest BCUT2D eigenvalue weighted by Gasteiger charge is -2.29. The highest BCUT2D eigenvalue weighted by atomic mass is 35.5. The van der Waals surface area contributed by atoms with Crippen molar-refractivity contribution in [2.24, 2.45) is 17.6 Å². The maximum absolute atomic E-state index is 13.7. The van der Waals surface area contributed by atoms with E-state index in [-0.39, 0.29) is 23.6 Å². The standard InChI is InChI=1S/C22H18ClFN4O4/c23-12-9-10(5-6-13(12)24)28-19(30)17-15(7-8-16(25)29)27-22(18(17)20(28)31)11-3-1-2-4-14(11)26-21(22)32/h1-6,9,15,17-18,27H,7-8H2,(H2,25,29)(H,26,32)/t15-,17-,18+,22-/m0/s1. The molecule has 164 valence electrons. The Balaban J connectivity index is 1.64. The quantitative estimate of drug-likeness (QED) is 0.604. The predicted molar refractivity (Wildman–Crippen MR) is 113 cm³/mol. The number of para-hydroxylation sites is 1. The van der Waals surface area contributed by atoms with Crippen LogP contribution in [0, 0.1) is 17.7 Å². The predicted octanol–water partition coefficient (Wildman–Crippen LogP) is 1.67. The molecule has 2 fully saturated rings. The first-order valence-corrected chi connectivity index (χ1v) is 10.4. The molecule has 4 N–H and O–H groups in total. The summed E-state index contributed by atoms with van der Waals surface area (Å²) in [6.07, 6.45) is 0.148. The number of nitrogens with one attached hydrogen (secondary N) is 2. The number of primary amides is 1. The average molecular weight is 457 g/mol. The molecule has 4 atom stereocenters. The smallest absolute Gasteiger partial charge is 0.250 e. The van der Waals surface area contributed by atoms with Crippen molar-refractivity contribution < 1.29 is 23.6 Å². The third kappa shape index (κ3) is 2.71. The fraction of sp³-hybridized carbons (Fsp3) is 0.273. The number of amides is 4. The van der Waals surface area contributed by atoms with Gasteiger partial charge >= 0.3 is 0 Å². The molecule has 1 spiro atoms. The van der Waals surface area contributed by atoms with Crippen LogP contribution < -0.4 is 21.3 Å². The van der Waals surface area contributed by atoms with E-state index in [4.69, 9.17) is 17.3 Å². The molecule has 4 amide bonds. The van der Waals surface area contributed by atoms with Crippen molar-refractivity contribution in [3.05, 3.63) is 58.9 Å². The highest BCUT2D eigenvalue weighted by Crippen LogP contribution is 2.54. The van der Waals surface area contributed by atoms with Crippen molar-refractivity contribution in [3.8, 4) is 0 Å². The summed E-state index contributed by atoms with van der Waals surface area (Å²) in [5, 5.41) is 5.76. The van der Waals surface area contributed by atoms with Crippen LogP contribution in [0.2, 0.25) is 5.02 Å². The Hall–Kier alpha value is -3.30. The van der Waals surface area contributed by atoms with Crippen LogP contribution in [0.3, 0.4) is 0 Å². The highest BCUT2D eigenvalue weighted by Gasteiger charge is 2.70. The Bertz CT molecular complexity index is 1200. The normalized spacial score (nSPS) is 28.2. The summed E-state index contributed by atoms with van der Waals surface area (Å²) >= 11 is 5.88. The zero-order chi connectivity index (χ0) is 22.8. The first kappa shape index (κ1) is 20.6. The minimum atomic E-state index is -1.48. The van der Waals surface area contributed by atoms with Crippen LogP contribution >= 0.6 is 11.6 Å². The van der Waals surface area contributed by atoms with Crippen molar-refractivity contribution >= 4 is 46.6 Å². The molecule has 5 rings (SSSR count). The number of hydrogen-bond donors (Lipinski definition) is 3. The van der Waals surface area contributed by atoms with Gasteiger partial charge in [-0.05, 0) is 30.7 Å². The van der Waals surface area contributed by atoms with E-state index in [0.717, 1.165) is 11.0 Å². The van der Waals surface area contributed by atoms with E-state index in [9.17, 15) is 23.6 Å². The number of nitrogens with two attached hydrogens (primary N) is 1. The third-order valence-corrected chi connectivity index (χ3v) is 6.78. The summed E-state index contributed by atoms with van der Waals surface area (Å²) in [4.78, 5) is 52.8. The lowest BCUT2D eigenvalue weighted by molar-refractivity contribution is -0.130. The Labute approximate surface area is 186 Å². The zero-order valence-electron chi connectivity index (χ0n) is 16.6. The van der Waals surface area contributed by atoms with Gasteiger partial charge < -0.3 is 11.1 Å². The maximum Gasteiger partial charge on any atom is 0.250 e. The lowest BCUT2D eigenvalue weighted by Crippen LogP contribution is -2.53. The van der Waals surface area contributed by atoms with Gasteiger partial charge in [-0.15, -0.1) is 0 Å². The molecular weight excluding hydrogens is 439 g/mol. The molecule has 0 radical (unpaired) electrons. The van der Waals surface area contributed by atoms with E-state index in [1.165, 1.54) is 12.1 Å². The van der Waals surface area contributed by atoms with Crippen molar-refractivity contribution in [2.75, 3.05) is 10.2 Å². The highest BCUT2D eigenvalue weighted by molar-refractivity contribution is 6.32. The summed E-state index contributed by atoms with van der Waals surface area (Å²) in [5.74, 6) is -4.79. The van der Waals surface area contributed by atoms with Crippen molar-refractivity contribution in [1.82, 2.24) is 5.32 Å². The first-order chi connectivity index (χ1) is 15.3. The van der Waals surface area contributed by atoms with Crippen molar-refractivity contribution in [3.63, 3.8) is 0 Å². The van der Waals surface area contributed by atoms with Crippen molar-refractivity contribution in [1.29, 1.82) is 0 Å². The fourth-order valence-corrected chi connectivity index (χ4v) is 5.36. The molecule has 3 aliphatic rings. The minimum Gasteiger partial charge on any atom is -0.370 e. The molecule has 3 heterocycles. The molecule has 0 bridgehead atoms. The first-order valence-electron chi connectivity index (χ1n) is 10.1. The Morgan fingerprint density at radius 3 is 2.62 bits per heavy atom. The number of benzene rings is 2. The summed E-state index contributed by atoms with van der Waals surface area (Å²) in [6, 6.07) is 9.85. The molecule has 2 aromatic carbocycles. The van der Waals surface area contributed by atoms with E-state index in [1.54, 1.807) is 24.3 Å². The van der Waals surface area contributed by atoms with E-state index in [2.05, 4.69) is 10.6 Å². The second-order valence-corrected chi connectivity index (χ2v) is 8.58. The van der Waals surface area contributed by atoms with Crippen LogP contribution in [-0.2, 0) is 24.7 Å². The number of carbonyl (C=O) groups is 4. The fourth-order valence-electron chi connectivity index (χ4n) is 5.18. The van der Waals surface area contributed by atoms with Gasteiger partial charge in [0.1, 0.15) is 11.4 Å². The number of carbonyl (C=O) groups excluding carboxylic acids is 4. The maximum atomic E-state index is 13.7. The zero-order valence-corrected chi connectivity index (χ0v) is 17.4. The molecule has 0 aliphatic carbocycles. The molecule has 3 aliphatic heterocycles. The summed E-state index contributed by atoms with van der Waals surface area (Å²) in [7, 11) is 0. The van der Waals surface area contributed by atoms with E-state index in [1.807, 2.05) is 0 Å². The number of halogens is 2. The molecule has 10 heteroatoms. The number of imide groups is 1. The van der Waals surface area contributed by atoms with E-state index >= 15 is 0 Å². The second-order valence-electron chi connectivity index (χ2n) is 8.18. The topological polar surface area (TPSA) is 122 Å². The summed E-state index contributed by atoms with van der Waals surface area (Å²) in [6.45, 7) is 0. The van der Waals surface area contributed by atoms with Crippen LogP contribution in [0.25, 0.3) is 0 Å². The Kier molecular flexibility index (Phi) is 4.58. The van der Waals surface area contributed by atoms with E-state index in [0.29, 0.717) is 11.3 Å². The number of nitrogens with zero attached hydrogens (tertiary/aromatic N) is 1. The van der Waals surface area contributed by atoms with Gasteiger partial charge in [-0.2, -0.15) is 0 Å². The number of anilines is 2. The largest absolute Gasteiger partial charge is 0.370 e. The molecule has 32 heavy (non-hydrogen) atoms. The van der Waals surface area contributed by atoms with E-state index < -0.39 is 52.9 Å².